The highest BCUT2D eigenvalue weighted by Crippen LogP contribution is 2.36. The molecule has 0 amide bonds. The van der Waals surface area contributed by atoms with Crippen LogP contribution in [0, 0.1) is 0 Å². The molecule has 3 aromatic heterocycles. The first-order valence-corrected chi connectivity index (χ1v) is 9.81. The van der Waals surface area contributed by atoms with Crippen LogP contribution in [0.3, 0.4) is 0 Å². The van der Waals surface area contributed by atoms with E-state index in [-0.39, 0.29) is 4.90 Å². The highest BCUT2D eigenvalue weighted by atomic mass is 32.2. The molecule has 0 fully saturated rings. The first kappa shape index (κ1) is 19.8. The number of aromatic amines is 1. The Hall–Kier alpha value is -3.00. The van der Waals surface area contributed by atoms with Gasteiger partial charge in [0.15, 0.2) is 0 Å². The number of sulfonamides is 1. The zero-order valence-corrected chi connectivity index (χ0v) is 16.0. The van der Waals surface area contributed by atoms with Crippen LogP contribution < -0.4 is 18.9 Å². The molecule has 10 nitrogen and oxygen atoms in total. The van der Waals surface area contributed by atoms with Crippen molar-refractivity contribution in [2.45, 2.75) is 11.5 Å². The summed E-state index contributed by atoms with van der Waals surface area (Å²) in [5, 5.41) is 1.75. The average molecular weight is 433 g/mol. The Labute approximate surface area is 161 Å². The van der Waals surface area contributed by atoms with Crippen LogP contribution in [0.2, 0.25) is 0 Å². The molecule has 0 saturated heterocycles. The minimum atomic E-state index is -4.10. The molecule has 0 aliphatic carbocycles. The summed E-state index contributed by atoms with van der Waals surface area (Å²) in [6, 6.07) is 1.38. The maximum Gasteiger partial charge on any atom is 0.387 e. The lowest BCUT2D eigenvalue weighted by Crippen LogP contribution is -2.16. The fraction of sp³-hybridized carbons (Fsp3) is 0.214. The second kappa shape index (κ2) is 7.93. The van der Waals surface area contributed by atoms with E-state index >= 15 is 0 Å². The molecular formula is C14H13F2N5O5S2. The molecule has 0 bridgehead atoms. The highest BCUT2D eigenvalue weighted by molar-refractivity contribution is 7.92. The summed E-state index contributed by atoms with van der Waals surface area (Å²) in [6.45, 7) is -3.18. The van der Waals surface area contributed by atoms with Gasteiger partial charge in [0.2, 0.25) is 11.7 Å². The molecule has 0 spiro atoms. The number of anilines is 1. The van der Waals surface area contributed by atoms with E-state index in [1.807, 2.05) is 0 Å². The fourth-order valence-electron chi connectivity index (χ4n) is 2.12. The van der Waals surface area contributed by atoms with E-state index in [0.29, 0.717) is 11.4 Å². The highest BCUT2D eigenvalue weighted by Gasteiger charge is 2.24. The van der Waals surface area contributed by atoms with Crippen molar-refractivity contribution in [3.63, 3.8) is 0 Å². The minimum absolute atomic E-state index is 0.107. The molecule has 2 N–H and O–H groups in total. The van der Waals surface area contributed by atoms with Crippen LogP contribution in [0.4, 0.5) is 14.7 Å². The topological polar surface area (TPSA) is 128 Å². The van der Waals surface area contributed by atoms with E-state index in [4.69, 9.17) is 9.47 Å². The maximum atomic E-state index is 12.6. The third-order valence-corrected chi connectivity index (χ3v) is 5.19. The van der Waals surface area contributed by atoms with Crippen LogP contribution in [-0.2, 0) is 10.0 Å². The smallest absolute Gasteiger partial charge is 0.387 e. The molecular weight excluding hydrogens is 420 g/mol. The van der Waals surface area contributed by atoms with Gasteiger partial charge in [-0.3, -0.25) is 0 Å². The summed E-state index contributed by atoms with van der Waals surface area (Å²) in [5.74, 6) is -1.87. The molecule has 3 aromatic rings. The van der Waals surface area contributed by atoms with E-state index in [9.17, 15) is 17.2 Å². The lowest BCUT2D eigenvalue weighted by Gasteiger charge is -2.13. The normalized spacial score (nSPS) is 11.5. The predicted molar refractivity (Wildman–Crippen MR) is 94.5 cm³/mol. The molecule has 0 radical (unpaired) electrons. The quantitative estimate of drug-likeness (QED) is 0.554. The zero-order valence-electron chi connectivity index (χ0n) is 14.3. The van der Waals surface area contributed by atoms with Crippen LogP contribution in [-0.4, -0.2) is 49.2 Å². The molecule has 0 aromatic carbocycles. The van der Waals surface area contributed by atoms with Gasteiger partial charge in [0.25, 0.3) is 21.8 Å². The Balaban J connectivity index is 1.92. The molecule has 28 heavy (non-hydrogen) atoms. The number of nitrogens with zero attached hydrogens (tertiary/aromatic N) is 3. The number of hydrogen-bond donors (Lipinski definition) is 2. The van der Waals surface area contributed by atoms with Crippen molar-refractivity contribution in [3.05, 3.63) is 23.2 Å². The zero-order chi connectivity index (χ0) is 20.3. The van der Waals surface area contributed by atoms with Crippen molar-refractivity contribution >= 4 is 27.3 Å². The van der Waals surface area contributed by atoms with Crippen LogP contribution in [0.5, 0.6) is 17.5 Å². The Morgan fingerprint density at radius 1 is 1.21 bits per heavy atom. The number of aromatic nitrogens is 4. The molecule has 3 heterocycles. The van der Waals surface area contributed by atoms with Crippen molar-refractivity contribution in [1.82, 2.24) is 19.9 Å². The standard InChI is InChI=1S/C14H13F2N5O5S2/c1-24-11-10(26-13(15)16)12(25-2)20-14(19-11)21-28(22,23)7-3-8(17-4-7)9-5-27-6-18-9/h3-6,13,17H,1-2H3,(H,19,20,21). The van der Waals surface area contributed by atoms with Crippen LogP contribution in [0.25, 0.3) is 11.4 Å². The number of methoxy groups -OCH3 is 2. The van der Waals surface area contributed by atoms with Gasteiger partial charge in [-0.25, -0.2) is 18.1 Å². The molecule has 14 heteroatoms. The van der Waals surface area contributed by atoms with Gasteiger partial charge in [-0.1, -0.05) is 0 Å². The number of nitrogens with one attached hydrogen (secondary N) is 2. The molecule has 0 unspecified atom stereocenters. The second-order valence-electron chi connectivity index (χ2n) is 5.00. The van der Waals surface area contributed by atoms with Gasteiger partial charge in [0.1, 0.15) is 4.90 Å². The van der Waals surface area contributed by atoms with Crippen molar-refractivity contribution in [3.8, 4) is 28.9 Å². The first-order chi connectivity index (χ1) is 13.3. The summed E-state index contributed by atoms with van der Waals surface area (Å²) >= 11 is 1.36. The lowest BCUT2D eigenvalue weighted by atomic mass is 10.3. The molecule has 0 aliphatic rings. The van der Waals surface area contributed by atoms with E-state index in [1.165, 1.54) is 23.6 Å². The minimum Gasteiger partial charge on any atom is -0.478 e. The van der Waals surface area contributed by atoms with Gasteiger partial charge < -0.3 is 19.2 Å². The number of thiazole rings is 1. The summed E-state index contributed by atoms with van der Waals surface area (Å²) < 4.78 is 66.4. The van der Waals surface area contributed by atoms with Crippen LogP contribution in [0.1, 0.15) is 0 Å². The van der Waals surface area contributed by atoms with Gasteiger partial charge in [-0.2, -0.15) is 18.7 Å². The fourth-order valence-corrected chi connectivity index (χ4v) is 3.61. The van der Waals surface area contributed by atoms with Gasteiger partial charge in [0, 0.05) is 11.6 Å². The van der Waals surface area contributed by atoms with E-state index in [0.717, 1.165) is 14.2 Å². The molecule has 0 atom stereocenters. The number of halogens is 2. The lowest BCUT2D eigenvalue weighted by molar-refractivity contribution is -0.0533. The Bertz CT molecular complexity index is 1030. The van der Waals surface area contributed by atoms with E-state index < -0.39 is 40.1 Å². The molecule has 0 saturated carbocycles. The molecule has 0 aliphatic heterocycles. The van der Waals surface area contributed by atoms with E-state index in [1.54, 1.807) is 10.9 Å². The summed E-state index contributed by atoms with van der Waals surface area (Å²) in [6.07, 6.45) is 1.26. The number of alkyl halides is 2. The summed E-state index contributed by atoms with van der Waals surface area (Å²) in [4.78, 5) is 14.3. The number of ether oxygens (including phenoxy) is 3. The molecule has 3 rings (SSSR count). The average Bonchev–Trinajstić information content (AvgIpc) is 3.33. The van der Waals surface area contributed by atoms with Gasteiger partial charge >= 0.3 is 6.61 Å². The first-order valence-electron chi connectivity index (χ1n) is 7.38. The number of rotatable bonds is 8. The van der Waals surface area contributed by atoms with Gasteiger partial charge in [-0.15, -0.1) is 11.3 Å². The molecule has 150 valence electrons. The monoisotopic (exact) mass is 433 g/mol. The third kappa shape index (κ3) is 4.12. The van der Waals surface area contributed by atoms with Crippen LogP contribution >= 0.6 is 11.3 Å². The Morgan fingerprint density at radius 3 is 2.43 bits per heavy atom. The SMILES string of the molecule is COc1nc(NS(=O)(=O)c2c[nH]c(-c3cscn3)c2)nc(OC)c1OC(F)F. The Morgan fingerprint density at radius 2 is 1.89 bits per heavy atom. The van der Waals surface area contributed by atoms with Crippen molar-refractivity contribution in [1.29, 1.82) is 0 Å². The second-order valence-corrected chi connectivity index (χ2v) is 7.40. The van der Waals surface area contributed by atoms with Gasteiger partial charge in [0.05, 0.1) is 31.1 Å². The maximum absolute atomic E-state index is 12.6. The summed E-state index contributed by atoms with van der Waals surface area (Å²) in [7, 11) is -1.81. The predicted octanol–water partition coefficient (Wildman–Crippen LogP) is 2.35. The largest absolute Gasteiger partial charge is 0.478 e. The summed E-state index contributed by atoms with van der Waals surface area (Å²) in [5.41, 5.74) is 2.69. The van der Waals surface area contributed by atoms with E-state index in [2.05, 4.69) is 29.4 Å². The Kier molecular flexibility index (Phi) is 5.60. The van der Waals surface area contributed by atoms with Crippen LogP contribution in [0.15, 0.2) is 28.0 Å². The number of hydrogen-bond acceptors (Lipinski definition) is 9. The van der Waals surface area contributed by atoms with Gasteiger partial charge in [-0.05, 0) is 6.07 Å². The van der Waals surface area contributed by atoms with Crippen molar-refractivity contribution in [2.24, 2.45) is 0 Å². The number of H-pyrrole nitrogens is 1. The van der Waals surface area contributed by atoms with Crippen molar-refractivity contribution < 1.29 is 31.4 Å². The van der Waals surface area contributed by atoms with Crippen molar-refractivity contribution in [2.75, 3.05) is 18.9 Å². The third-order valence-electron chi connectivity index (χ3n) is 3.30.